The summed E-state index contributed by atoms with van der Waals surface area (Å²) < 4.78 is 0. The van der Waals surface area contributed by atoms with Crippen molar-refractivity contribution < 1.29 is 0 Å². The number of piperazine rings is 1. The third kappa shape index (κ3) is 5.12. The van der Waals surface area contributed by atoms with Crippen LogP contribution in [0.25, 0.3) is 11.3 Å². The Morgan fingerprint density at radius 3 is 2.24 bits per heavy atom. The second-order valence-corrected chi connectivity index (χ2v) is 7.39. The van der Waals surface area contributed by atoms with E-state index in [1.54, 1.807) is 0 Å². The Morgan fingerprint density at radius 2 is 1.55 bits per heavy atom. The molecule has 0 atom stereocenters. The molecule has 150 valence electrons. The number of likely N-dealkylation sites (N-methyl/N-ethyl adjacent to an activating group) is 1. The van der Waals surface area contributed by atoms with E-state index in [0.717, 1.165) is 68.7 Å². The topological polar surface area (TPSA) is 44.3 Å². The lowest BCUT2D eigenvalue weighted by Crippen LogP contribution is -2.46. The van der Waals surface area contributed by atoms with Crippen LogP contribution in [0.2, 0.25) is 0 Å². The summed E-state index contributed by atoms with van der Waals surface area (Å²) in [5.74, 6) is 1.71. The molecule has 1 aliphatic rings. The first-order valence-corrected chi connectivity index (χ1v) is 10.5. The fourth-order valence-corrected chi connectivity index (χ4v) is 3.67. The Labute approximate surface area is 173 Å². The van der Waals surface area contributed by atoms with Crippen LogP contribution < -0.4 is 10.2 Å². The summed E-state index contributed by atoms with van der Waals surface area (Å²) in [6.07, 6.45) is 0.968. The lowest BCUT2D eigenvalue weighted by Gasteiger charge is -2.34. The van der Waals surface area contributed by atoms with E-state index in [4.69, 9.17) is 9.97 Å². The van der Waals surface area contributed by atoms with Gasteiger partial charge in [0.05, 0.1) is 5.69 Å². The Bertz CT molecular complexity index is 890. The molecule has 1 aliphatic heterocycles. The van der Waals surface area contributed by atoms with Crippen molar-refractivity contribution >= 4 is 11.8 Å². The summed E-state index contributed by atoms with van der Waals surface area (Å²) in [5.41, 5.74) is 3.42. The van der Waals surface area contributed by atoms with Crippen molar-refractivity contribution in [3.8, 4) is 11.3 Å². The predicted molar refractivity (Wildman–Crippen MR) is 120 cm³/mol. The van der Waals surface area contributed by atoms with Gasteiger partial charge in [0.15, 0.2) is 0 Å². The highest BCUT2D eigenvalue weighted by Gasteiger charge is 2.19. The minimum Gasteiger partial charge on any atom is -0.370 e. The van der Waals surface area contributed by atoms with E-state index in [1.807, 2.05) is 6.07 Å². The average Bonchev–Trinajstić information content (AvgIpc) is 2.80. The molecule has 1 fully saturated rings. The summed E-state index contributed by atoms with van der Waals surface area (Å²) in [7, 11) is 0. The van der Waals surface area contributed by atoms with E-state index < -0.39 is 0 Å². The third-order valence-corrected chi connectivity index (χ3v) is 5.45. The van der Waals surface area contributed by atoms with Gasteiger partial charge in [-0.2, -0.15) is 4.98 Å². The number of hydrogen-bond donors (Lipinski definition) is 1. The van der Waals surface area contributed by atoms with Crippen molar-refractivity contribution in [1.82, 2.24) is 14.9 Å². The maximum absolute atomic E-state index is 4.90. The van der Waals surface area contributed by atoms with E-state index in [9.17, 15) is 0 Å². The Hall–Kier alpha value is -2.92. The molecule has 0 saturated carbocycles. The SMILES string of the molecule is CCN1CCN(c2nc(NCCc3ccccc3)cc(-c3ccccc3)n2)CC1. The van der Waals surface area contributed by atoms with Gasteiger partial charge in [-0.1, -0.05) is 67.6 Å². The first kappa shape index (κ1) is 19.4. The van der Waals surface area contributed by atoms with Crippen molar-refractivity contribution in [2.75, 3.05) is 49.5 Å². The number of benzene rings is 2. The highest BCUT2D eigenvalue weighted by Crippen LogP contribution is 2.23. The Morgan fingerprint density at radius 1 is 0.862 bits per heavy atom. The molecule has 5 nitrogen and oxygen atoms in total. The average molecular weight is 388 g/mol. The van der Waals surface area contributed by atoms with Crippen LogP contribution in [0.5, 0.6) is 0 Å². The summed E-state index contributed by atoms with van der Waals surface area (Å²) >= 11 is 0. The van der Waals surface area contributed by atoms with Gasteiger partial charge < -0.3 is 15.1 Å². The van der Waals surface area contributed by atoms with Crippen molar-refractivity contribution in [2.24, 2.45) is 0 Å². The van der Waals surface area contributed by atoms with Crippen molar-refractivity contribution in [1.29, 1.82) is 0 Å². The normalized spacial score (nSPS) is 14.7. The fraction of sp³-hybridized carbons (Fsp3) is 0.333. The number of aromatic nitrogens is 2. The summed E-state index contributed by atoms with van der Waals surface area (Å²) in [6, 6.07) is 23.0. The Balaban J connectivity index is 1.53. The molecule has 1 saturated heterocycles. The lowest BCUT2D eigenvalue weighted by molar-refractivity contribution is 0.270. The van der Waals surface area contributed by atoms with Gasteiger partial charge in [0.2, 0.25) is 5.95 Å². The molecule has 2 aromatic carbocycles. The quantitative estimate of drug-likeness (QED) is 0.665. The second kappa shape index (κ2) is 9.52. The van der Waals surface area contributed by atoms with Gasteiger partial charge in [0.1, 0.15) is 5.82 Å². The monoisotopic (exact) mass is 387 g/mol. The van der Waals surface area contributed by atoms with Crippen LogP contribution in [-0.4, -0.2) is 54.1 Å². The van der Waals surface area contributed by atoms with Gasteiger partial charge in [-0.25, -0.2) is 4.98 Å². The zero-order chi connectivity index (χ0) is 19.9. The van der Waals surface area contributed by atoms with Gasteiger partial charge in [0, 0.05) is 44.4 Å². The molecule has 1 aromatic heterocycles. The smallest absolute Gasteiger partial charge is 0.227 e. The molecule has 4 rings (SSSR count). The number of nitrogens with zero attached hydrogens (tertiary/aromatic N) is 4. The lowest BCUT2D eigenvalue weighted by atomic mass is 10.1. The molecule has 0 radical (unpaired) electrons. The predicted octanol–water partition coefficient (Wildman–Crippen LogP) is 3.94. The molecule has 29 heavy (non-hydrogen) atoms. The van der Waals surface area contributed by atoms with Crippen LogP contribution in [0.3, 0.4) is 0 Å². The molecule has 5 heteroatoms. The number of hydrogen-bond acceptors (Lipinski definition) is 5. The minimum atomic E-state index is 0.823. The molecule has 0 spiro atoms. The summed E-state index contributed by atoms with van der Waals surface area (Å²) in [6.45, 7) is 8.23. The first-order chi connectivity index (χ1) is 14.3. The van der Waals surface area contributed by atoms with Crippen LogP contribution in [0.1, 0.15) is 12.5 Å². The highest BCUT2D eigenvalue weighted by atomic mass is 15.3. The molecule has 0 bridgehead atoms. The maximum atomic E-state index is 4.90. The van der Waals surface area contributed by atoms with Crippen LogP contribution in [0, 0.1) is 0 Å². The number of anilines is 2. The molecule has 1 N–H and O–H groups in total. The zero-order valence-corrected chi connectivity index (χ0v) is 17.1. The van der Waals surface area contributed by atoms with Crippen LogP contribution in [0.15, 0.2) is 66.7 Å². The van der Waals surface area contributed by atoms with Crippen molar-refractivity contribution in [3.05, 3.63) is 72.3 Å². The molecule has 0 amide bonds. The van der Waals surface area contributed by atoms with E-state index in [-0.39, 0.29) is 0 Å². The standard InChI is InChI=1S/C24H29N5/c1-2-28-15-17-29(18-16-28)24-26-22(21-11-7-4-8-12-21)19-23(27-24)25-14-13-20-9-5-3-6-10-20/h3-12,19H,2,13-18H2,1H3,(H,25,26,27). The van der Waals surface area contributed by atoms with Gasteiger partial charge in [-0.3, -0.25) is 0 Å². The number of nitrogens with one attached hydrogen (secondary N) is 1. The van der Waals surface area contributed by atoms with E-state index in [1.165, 1.54) is 5.56 Å². The van der Waals surface area contributed by atoms with E-state index in [2.05, 4.69) is 82.7 Å². The van der Waals surface area contributed by atoms with Crippen LogP contribution >= 0.6 is 0 Å². The Kier molecular flexibility index (Phi) is 6.37. The van der Waals surface area contributed by atoms with E-state index >= 15 is 0 Å². The fourth-order valence-electron chi connectivity index (χ4n) is 3.67. The van der Waals surface area contributed by atoms with Crippen LogP contribution in [0.4, 0.5) is 11.8 Å². The minimum absolute atomic E-state index is 0.823. The molecule has 0 aliphatic carbocycles. The highest BCUT2D eigenvalue weighted by molar-refractivity contribution is 5.64. The molecule has 0 unspecified atom stereocenters. The largest absolute Gasteiger partial charge is 0.370 e. The molecule has 3 aromatic rings. The van der Waals surface area contributed by atoms with Gasteiger partial charge in [-0.05, 0) is 18.5 Å². The van der Waals surface area contributed by atoms with Gasteiger partial charge in [-0.15, -0.1) is 0 Å². The van der Waals surface area contributed by atoms with Gasteiger partial charge in [0.25, 0.3) is 0 Å². The summed E-state index contributed by atoms with van der Waals surface area (Å²) in [4.78, 5) is 14.5. The number of rotatable bonds is 7. The third-order valence-electron chi connectivity index (χ3n) is 5.45. The van der Waals surface area contributed by atoms with Crippen LogP contribution in [-0.2, 0) is 6.42 Å². The molecule has 2 heterocycles. The molecular formula is C24H29N5. The zero-order valence-electron chi connectivity index (χ0n) is 17.1. The van der Waals surface area contributed by atoms with E-state index in [0.29, 0.717) is 0 Å². The van der Waals surface area contributed by atoms with Crippen molar-refractivity contribution in [3.63, 3.8) is 0 Å². The second-order valence-electron chi connectivity index (χ2n) is 7.39. The maximum Gasteiger partial charge on any atom is 0.227 e. The molecular weight excluding hydrogens is 358 g/mol. The van der Waals surface area contributed by atoms with Crippen molar-refractivity contribution in [2.45, 2.75) is 13.3 Å². The summed E-state index contributed by atoms with van der Waals surface area (Å²) in [5, 5.41) is 3.51. The van der Waals surface area contributed by atoms with Gasteiger partial charge >= 0.3 is 0 Å². The first-order valence-electron chi connectivity index (χ1n) is 10.5.